The van der Waals surface area contributed by atoms with E-state index in [-0.39, 0.29) is 42.1 Å². The summed E-state index contributed by atoms with van der Waals surface area (Å²) in [6, 6.07) is -0.367. The van der Waals surface area contributed by atoms with Gasteiger partial charge in [-0.2, -0.15) is 13.2 Å². The molecule has 3 heterocycles. The summed E-state index contributed by atoms with van der Waals surface area (Å²) in [6.07, 6.45) is -0.242. The van der Waals surface area contributed by atoms with Crippen molar-refractivity contribution in [3.05, 3.63) is 22.1 Å². The van der Waals surface area contributed by atoms with Gasteiger partial charge in [-0.05, 0) is 32.1 Å². The fourth-order valence-corrected chi connectivity index (χ4v) is 4.55. The average Bonchev–Trinajstić information content (AvgIpc) is 2.74. The fourth-order valence-electron chi connectivity index (χ4n) is 4.55. The standard InChI is InChI=1S/C22H32F3N3O3/c1-3-5-6-15(4-2)17-13-20(30)27-10-7-19(22(23,24)25)28(21(27)26-17)14-18(29)16-8-11-31-12-9-16/h13,15-16,19H,3-12,14H2,1-2H3. The number of Topliss-reactive ketones (excluding diaryl/α,β-unsaturated/α-hetero) is 1. The first-order valence-corrected chi connectivity index (χ1v) is 11.3. The number of hydrogen-bond acceptors (Lipinski definition) is 5. The highest BCUT2D eigenvalue weighted by atomic mass is 19.4. The van der Waals surface area contributed by atoms with Gasteiger partial charge in [-0.25, -0.2) is 4.98 Å². The van der Waals surface area contributed by atoms with Crippen LogP contribution < -0.4 is 10.5 Å². The molecule has 0 N–H and O–H groups in total. The first-order chi connectivity index (χ1) is 14.8. The van der Waals surface area contributed by atoms with Gasteiger partial charge in [0.2, 0.25) is 5.95 Å². The number of nitrogens with zero attached hydrogens (tertiary/aromatic N) is 3. The van der Waals surface area contributed by atoms with E-state index < -0.39 is 18.8 Å². The van der Waals surface area contributed by atoms with E-state index in [0.717, 1.165) is 30.6 Å². The van der Waals surface area contributed by atoms with Crippen molar-refractivity contribution in [1.82, 2.24) is 9.55 Å². The van der Waals surface area contributed by atoms with Gasteiger partial charge in [-0.1, -0.05) is 26.7 Å². The Morgan fingerprint density at radius 2 is 1.97 bits per heavy atom. The highest BCUT2D eigenvalue weighted by molar-refractivity contribution is 5.85. The third-order valence-electron chi connectivity index (χ3n) is 6.47. The zero-order valence-corrected chi connectivity index (χ0v) is 18.3. The molecule has 2 aliphatic heterocycles. The van der Waals surface area contributed by atoms with Gasteiger partial charge in [0.1, 0.15) is 6.04 Å². The molecule has 2 unspecified atom stereocenters. The molecule has 3 rings (SSSR count). The van der Waals surface area contributed by atoms with Crippen molar-refractivity contribution in [3.8, 4) is 0 Å². The van der Waals surface area contributed by atoms with Crippen LogP contribution in [-0.2, 0) is 16.1 Å². The molecule has 6 nitrogen and oxygen atoms in total. The van der Waals surface area contributed by atoms with Gasteiger partial charge in [0, 0.05) is 37.7 Å². The third-order valence-corrected chi connectivity index (χ3v) is 6.47. The number of unbranched alkanes of at least 4 members (excludes halogenated alkanes) is 1. The maximum atomic E-state index is 13.9. The van der Waals surface area contributed by atoms with Gasteiger partial charge in [-0.15, -0.1) is 0 Å². The highest BCUT2D eigenvalue weighted by Crippen LogP contribution is 2.35. The molecule has 0 amide bonds. The third kappa shape index (κ3) is 5.48. The second-order valence-corrected chi connectivity index (χ2v) is 8.55. The van der Waals surface area contributed by atoms with E-state index in [4.69, 9.17) is 4.74 Å². The number of alkyl halides is 3. The number of carbonyl (C=O) groups excluding carboxylic acids is 1. The molecule has 1 saturated heterocycles. The SMILES string of the molecule is CCCCC(CC)c1cc(=O)n2c(n1)N(CC(=O)C1CCOCC1)C(C(F)(F)F)CC2. The topological polar surface area (TPSA) is 64.4 Å². The van der Waals surface area contributed by atoms with Crippen LogP contribution in [0.3, 0.4) is 0 Å². The lowest BCUT2D eigenvalue weighted by molar-refractivity contribution is -0.153. The molecular formula is C22H32F3N3O3. The largest absolute Gasteiger partial charge is 0.408 e. The number of hydrogen-bond donors (Lipinski definition) is 0. The smallest absolute Gasteiger partial charge is 0.381 e. The second-order valence-electron chi connectivity index (χ2n) is 8.55. The normalized spacial score (nSPS) is 21.1. The van der Waals surface area contributed by atoms with Crippen molar-refractivity contribution >= 4 is 11.7 Å². The van der Waals surface area contributed by atoms with Crippen molar-refractivity contribution in [2.24, 2.45) is 5.92 Å². The van der Waals surface area contributed by atoms with Crippen LogP contribution in [0.15, 0.2) is 10.9 Å². The van der Waals surface area contributed by atoms with Crippen molar-refractivity contribution < 1.29 is 22.7 Å². The lowest BCUT2D eigenvalue weighted by atomic mass is 9.94. The molecule has 9 heteroatoms. The van der Waals surface area contributed by atoms with Gasteiger partial charge in [0.05, 0.1) is 12.2 Å². The van der Waals surface area contributed by atoms with E-state index in [2.05, 4.69) is 11.9 Å². The van der Waals surface area contributed by atoms with Crippen LogP contribution in [0.2, 0.25) is 0 Å². The van der Waals surface area contributed by atoms with Gasteiger partial charge in [0.25, 0.3) is 5.56 Å². The predicted molar refractivity (Wildman–Crippen MR) is 111 cm³/mol. The Hall–Kier alpha value is -1.90. The van der Waals surface area contributed by atoms with E-state index in [9.17, 15) is 22.8 Å². The molecule has 174 valence electrons. The molecule has 2 atom stereocenters. The number of rotatable bonds is 8. The highest BCUT2D eigenvalue weighted by Gasteiger charge is 2.47. The number of anilines is 1. The predicted octanol–water partition coefficient (Wildman–Crippen LogP) is 4.06. The molecule has 31 heavy (non-hydrogen) atoms. The summed E-state index contributed by atoms with van der Waals surface area (Å²) >= 11 is 0. The van der Waals surface area contributed by atoms with Crippen LogP contribution in [0.4, 0.5) is 19.1 Å². The molecule has 1 aromatic rings. The molecule has 1 aromatic heterocycles. The minimum atomic E-state index is -4.51. The molecule has 0 aromatic carbocycles. The summed E-state index contributed by atoms with van der Waals surface area (Å²) in [6.45, 7) is 4.49. The zero-order valence-electron chi connectivity index (χ0n) is 18.3. The van der Waals surface area contributed by atoms with Crippen LogP contribution >= 0.6 is 0 Å². The average molecular weight is 444 g/mol. The molecule has 0 bridgehead atoms. The minimum absolute atomic E-state index is 0.0119. The maximum absolute atomic E-state index is 13.9. The second kappa shape index (κ2) is 10.1. The van der Waals surface area contributed by atoms with E-state index in [1.807, 2.05) is 6.92 Å². The Morgan fingerprint density at radius 1 is 1.26 bits per heavy atom. The number of fused-ring (bicyclic) bond motifs is 1. The van der Waals surface area contributed by atoms with Crippen LogP contribution in [0, 0.1) is 5.92 Å². The Morgan fingerprint density at radius 3 is 2.58 bits per heavy atom. The lowest BCUT2D eigenvalue weighted by Crippen LogP contribution is -2.54. The summed E-state index contributed by atoms with van der Waals surface area (Å²) in [5.74, 6) is -0.575. The molecule has 2 aliphatic rings. The van der Waals surface area contributed by atoms with Gasteiger partial charge in [0.15, 0.2) is 5.78 Å². The molecule has 0 radical (unpaired) electrons. The zero-order chi connectivity index (χ0) is 22.6. The Balaban J connectivity index is 1.98. The Labute approximate surface area is 180 Å². The Bertz CT molecular complexity index is 818. The van der Waals surface area contributed by atoms with E-state index in [1.165, 1.54) is 10.6 Å². The van der Waals surface area contributed by atoms with Crippen LogP contribution in [0.25, 0.3) is 0 Å². The number of carbonyl (C=O) groups is 1. The molecule has 1 fully saturated rings. The lowest BCUT2D eigenvalue weighted by Gasteiger charge is -2.39. The minimum Gasteiger partial charge on any atom is -0.381 e. The molecular weight excluding hydrogens is 411 g/mol. The summed E-state index contributed by atoms with van der Waals surface area (Å²) < 4.78 is 48.2. The number of ketones is 1. The maximum Gasteiger partial charge on any atom is 0.408 e. The number of aromatic nitrogens is 2. The summed E-state index contributed by atoms with van der Waals surface area (Å²) in [5.41, 5.74) is 0.178. The van der Waals surface area contributed by atoms with Crippen LogP contribution in [0.5, 0.6) is 0 Å². The fraction of sp³-hybridized carbons (Fsp3) is 0.773. The first kappa shape index (κ1) is 23.8. The van der Waals surface area contributed by atoms with Gasteiger partial charge in [-0.3, -0.25) is 14.2 Å². The van der Waals surface area contributed by atoms with Gasteiger partial charge >= 0.3 is 6.18 Å². The van der Waals surface area contributed by atoms with Crippen molar-refractivity contribution in [1.29, 1.82) is 0 Å². The summed E-state index contributed by atoms with van der Waals surface area (Å²) in [7, 11) is 0. The van der Waals surface area contributed by atoms with Crippen LogP contribution in [-0.4, -0.2) is 47.3 Å². The van der Waals surface area contributed by atoms with Gasteiger partial charge < -0.3 is 9.64 Å². The monoisotopic (exact) mass is 443 g/mol. The van der Waals surface area contributed by atoms with E-state index in [0.29, 0.717) is 31.7 Å². The quantitative estimate of drug-likeness (QED) is 0.606. The van der Waals surface area contributed by atoms with E-state index >= 15 is 0 Å². The Kier molecular flexibility index (Phi) is 7.78. The van der Waals surface area contributed by atoms with Crippen molar-refractivity contribution in [3.63, 3.8) is 0 Å². The van der Waals surface area contributed by atoms with Crippen LogP contribution in [0.1, 0.15) is 70.4 Å². The number of halogens is 3. The molecule has 0 saturated carbocycles. The summed E-state index contributed by atoms with van der Waals surface area (Å²) in [4.78, 5) is 31.2. The van der Waals surface area contributed by atoms with E-state index in [1.54, 1.807) is 0 Å². The first-order valence-electron chi connectivity index (χ1n) is 11.3. The molecule has 0 spiro atoms. The number of ether oxygens (including phenoxy) is 1. The summed E-state index contributed by atoms with van der Waals surface area (Å²) in [5, 5.41) is 0. The van der Waals surface area contributed by atoms with Crippen molar-refractivity contribution in [2.45, 2.75) is 83.5 Å². The molecule has 0 aliphatic carbocycles. The van der Waals surface area contributed by atoms with Crippen molar-refractivity contribution in [2.75, 3.05) is 24.7 Å².